The topological polar surface area (TPSA) is 89.5 Å². The van der Waals surface area contributed by atoms with Gasteiger partial charge in [0.05, 0.1) is 24.3 Å². The fourth-order valence-corrected chi connectivity index (χ4v) is 3.58. The summed E-state index contributed by atoms with van der Waals surface area (Å²) in [7, 11) is 0. The third kappa shape index (κ3) is 12.4. The van der Waals surface area contributed by atoms with E-state index >= 15 is 0 Å². The van der Waals surface area contributed by atoms with Crippen molar-refractivity contribution in [2.75, 3.05) is 13.2 Å². The van der Waals surface area contributed by atoms with E-state index in [9.17, 15) is 9.59 Å². The van der Waals surface area contributed by atoms with E-state index in [0.717, 1.165) is 32.1 Å². The van der Waals surface area contributed by atoms with Crippen LogP contribution >= 0.6 is 0 Å². The largest absolute Gasteiger partial charge is 0.494 e. The van der Waals surface area contributed by atoms with Crippen molar-refractivity contribution in [2.45, 2.75) is 78.1 Å². The molecule has 0 heterocycles. The first-order valence-electron chi connectivity index (χ1n) is 13.5. The van der Waals surface area contributed by atoms with Gasteiger partial charge in [0.2, 0.25) is 0 Å². The van der Waals surface area contributed by atoms with Crippen molar-refractivity contribution >= 4 is 11.9 Å². The molecule has 0 spiro atoms. The molecule has 2 radical (unpaired) electrons. The van der Waals surface area contributed by atoms with Crippen molar-refractivity contribution in [3.05, 3.63) is 72.9 Å². The van der Waals surface area contributed by atoms with Crippen LogP contribution in [0.2, 0.25) is 0 Å². The molecule has 0 fully saturated rings. The monoisotopic (exact) mass is 528 g/mol. The Morgan fingerprint density at radius 3 is 1.37 bits per heavy atom. The highest BCUT2D eigenvalue weighted by atomic mass is 17.3. The molecule has 0 unspecified atom stereocenters. The Morgan fingerprint density at radius 1 is 0.579 bits per heavy atom. The Labute approximate surface area is 226 Å². The van der Waals surface area contributed by atoms with Gasteiger partial charge in [0, 0.05) is 6.42 Å². The number of hydrogen-bond acceptors (Lipinski definition) is 8. The fraction of sp³-hybridized carbons (Fsp3) is 0.467. The molecule has 208 valence electrons. The van der Waals surface area contributed by atoms with Gasteiger partial charge in [-0.1, -0.05) is 58.3 Å². The molecule has 0 aliphatic rings. The molecule has 0 saturated heterocycles. The highest BCUT2D eigenvalue weighted by Crippen LogP contribution is 2.21. The number of hydrogen-bond donors (Lipinski definition) is 0. The van der Waals surface area contributed by atoms with E-state index in [1.807, 2.05) is 13.8 Å². The van der Waals surface area contributed by atoms with Crippen LogP contribution in [0, 0.1) is 13.2 Å². The standard InChI is InChI=1S/C30H40O8/c1-4-7-8-9-10-11-12-13-14-15-28(35-37-29(31)24-16-20-26(21-17-24)33-5-2)36-38-30(32)25-18-22-27(23-19-25)34-6-3/h16-23H,1,4-15H2,2-3H3. The third-order valence-corrected chi connectivity index (χ3v) is 5.60. The second-order valence-corrected chi connectivity index (χ2v) is 8.63. The Bertz CT molecular complexity index is 845. The lowest BCUT2D eigenvalue weighted by molar-refractivity contribution is -0.363. The van der Waals surface area contributed by atoms with Gasteiger partial charge < -0.3 is 9.47 Å². The summed E-state index contributed by atoms with van der Waals surface area (Å²) in [6.07, 6.45) is 9.87. The Hall–Kier alpha value is -3.10. The van der Waals surface area contributed by atoms with Crippen LogP contribution in [-0.2, 0) is 19.6 Å². The maximum Gasteiger partial charge on any atom is 0.373 e. The minimum absolute atomic E-state index is 0.112. The van der Waals surface area contributed by atoms with Gasteiger partial charge in [-0.25, -0.2) is 9.59 Å². The van der Waals surface area contributed by atoms with E-state index in [1.165, 1.54) is 25.7 Å². The van der Waals surface area contributed by atoms with Crippen LogP contribution in [-0.4, -0.2) is 25.2 Å². The van der Waals surface area contributed by atoms with E-state index in [2.05, 4.69) is 6.92 Å². The minimum atomic E-state index is -0.714. The van der Waals surface area contributed by atoms with Crippen LogP contribution in [0.4, 0.5) is 0 Å². The highest BCUT2D eigenvalue weighted by Gasteiger charge is 2.21. The maximum atomic E-state index is 12.4. The molecule has 2 aromatic carbocycles. The summed E-state index contributed by atoms with van der Waals surface area (Å²) in [5.41, 5.74) is 0.552. The number of carbonyl (C=O) groups is 2. The summed E-state index contributed by atoms with van der Waals surface area (Å²) in [5, 5.41) is 0. The zero-order chi connectivity index (χ0) is 27.4. The summed E-state index contributed by atoms with van der Waals surface area (Å²) >= 11 is 0. The number of carbonyl (C=O) groups excluding carboxylic acids is 2. The molecule has 0 saturated carbocycles. The molecule has 0 atom stereocenters. The number of ether oxygens (including phenoxy) is 2. The van der Waals surface area contributed by atoms with E-state index in [4.69, 9.17) is 29.0 Å². The van der Waals surface area contributed by atoms with Gasteiger partial charge in [0.25, 0.3) is 0 Å². The molecule has 0 bridgehead atoms. The van der Waals surface area contributed by atoms with Gasteiger partial charge in [-0.3, -0.25) is 9.78 Å². The average molecular weight is 529 g/mol. The average Bonchev–Trinajstić information content (AvgIpc) is 2.94. The Morgan fingerprint density at radius 2 is 0.974 bits per heavy atom. The second-order valence-electron chi connectivity index (χ2n) is 8.63. The van der Waals surface area contributed by atoms with Crippen LogP contribution in [0.3, 0.4) is 0 Å². The maximum absolute atomic E-state index is 12.4. The Kier molecular flexibility index (Phi) is 15.6. The fourth-order valence-electron chi connectivity index (χ4n) is 3.58. The lowest BCUT2D eigenvalue weighted by Gasteiger charge is -2.14. The highest BCUT2D eigenvalue weighted by molar-refractivity contribution is 5.89. The van der Waals surface area contributed by atoms with Crippen LogP contribution < -0.4 is 9.47 Å². The van der Waals surface area contributed by atoms with Gasteiger partial charge in [0.1, 0.15) is 11.5 Å². The zero-order valence-corrected chi connectivity index (χ0v) is 22.6. The van der Waals surface area contributed by atoms with Gasteiger partial charge in [0.15, 0.2) is 0 Å². The number of unbranched alkanes of at least 4 members (excludes halogenated alkanes) is 8. The summed E-state index contributed by atoms with van der Waals surface area (Å²) in [5.74, 6) is -0.142. The van der Waals surface area contributed by atoms with Gasteiger partial charge in [-0.05, 0) is 68.8 Å². The van der Waals surface area contributed by atoms with E-state index in [0.29, 0.717) is 31.1 Å². The SMILES string of the molecule is [CH2]CCCCCCCCCC[C](OOC(=O)c1ccc(OCC)cc1)OOC(=O)c1ccc(OCC)cc1. The van der Waals surface area contributed by atoms with E-state index in [1.54, 1.807) is 48.5 Å². The van der Waals surface area contributed by atoms with Gasteiger partial charge in [-0.15, -0.1) is 9.78 Å². The molecule has 0 aromatic heterocycles. The lowest BCUT2D eigenvalue weighted by Crippen LogP contribution is -2.16. The normalized spacial score (nSPS) is 10.8. The molecule has 2 rings (SSSR count). The summed E-state index contributed by atoms with van der Waals surface area (Å²) < 4.78 is 10.8. The van der Waals surface area contributed by atoms with Crippen molar-refractivity contribution in [1.29, 1.82) is 0 Å². The van der Waals surface area contributed by atoms with Crippen LogP contribution in [0.5, 0.6) is 11.5 Å². The minimum Gasteiger partial charge on any atom is -0.494 e. The summed E-state index contributed by atoms with van der Waals surface area (Å²) in [4.78, 5) is 45.0. The predicted octanol–water partition coefficient (Wildman–Crippen LogP) is 7.59. The second kappa shape index (κ2) is 19.0. The smallest absolute Gasteiger partial charge is 0.373 e. The molecule has 8 nitrogen and oxygen atoms in total. The molecule has 0 N–H and O–H groups in total. The number of rotatable bonds is 20. The molecule has 0 amide bonds. The number of benzene rings is 2. The third-order valence-electron chi connectivity index (χ3n) is 5.60. The molecular formula is C30H40O8. The van der Waals surface area contributed by atoms with Crippen molar-refractivity contribution in [3.8, 4) is 11.5 Å². The lowest BCUT2D eigenvalue weighted by atomic mass is 10.1. The summed E-state index contributed by atoms with van der Waals surface area (Å²) in [6.45, 7) is 8.67. The molecule has 0 aliphatic carbocycles. The van der Waals surface area contributed by atoms with Crippen LogP contribution in [0.15, 0.2) is 48.5 Å². The molecule has 8 heteroatoms. The Balaban J connectivity index is 1.84. The van der Waals surface area contributed by atoms with E-state index < -0.39 is 11.9 Å². The first-order chi connectivity index (χ1) is 18.6. The molecular weight excluding hydrogens is 488 g/mol. The van der Waals surface area contributed by atoms with Crippen molar-refractivity contribution in [3.63, 3.8) is 0 Å². The van der Waals surface area contributed by atoms with E-state index in [-0.39, 0.29) is 17.4 Å². The van der Waals surface area contributed by atoms with Crippen LogP contribution in [0.1, 0.15) is 98.8 Å². The molecule has 2 aromatic rings. The van der Waals surface area contributed by atoms with Crippen LogP contribution in [0.25, 0.3) is 0 Å². The van der Waals surface area contributed by atoms with Crippen molar-refractivity contribution in [2.24, 2.45) is 0 Å². The van der Waals surface area contributed by atoms with Crippen molar-refractivity contribution < 1.29 is 38.6 Å². The quantitative estimate of drug-likeness (QED) is 0.0986. The molecule has 38 heavy (non-hydrogen) atoms. The molecule has 0 aliphatic heterocycles. The summed E-state index contributed by atoms with van der Waals surface area (Å²) in [6, 6.07) is 12.9. The van der Waals surface area contributed by atoms with Crippen molar-refractivity contribution in [1.82, 2.24) is 0 Å². The predicted molar refractivity (Wildman–Crippen MR) is 143 cm³/mol. The van der Waals surface area contributed by atoms with Gasteiger partial charge in [-0.2, -0.15) is 0 Å². The zero-order valence-electron chi connectivity index (χ0n) is 22.6. The first-order valence-corrected chi connectivity index (χ1v) is 13.5. The first kappa shape index (κ1) is 31.1. The van der Waals surface area contributed by atoms with Gasteiger partial charge >= 0.3 is 18.2 Å².